The number of nitrogens with one attached hydrogen (secondary N) is 1. The minimum atomic E-state index is -1.80. The van der Waals surface area contributed by atoms with Gasteiger partial charge < -0.3 is 65.1 Å². The summed E-state index contributed by atoms with van der Waals surface area (Å²) < 4.78 is 22.8. The smallest absolute Gasteiger partial charge is 0.220 e. The fourth-order valence-corrected chi connectivity index (χ4v) is 11.2. The molecule has 0 spiro atoms. The standard InChI is InChI=1S/C72H129NO13/c1-3-5-7-9-11-13-15-17-19-21-23-25-26-27-28-29-30-31-32-33-34-36-38-40-42-44-46-48-50-52-54-56-64(77)73-60(61(76)55-53-51-49-47-45-43-41-39-37-35-24-22-20-18-16-14-12-10-8-6-4-2)59-83-71-69(82)67(80)70(63(58-75)85-71)86-72-68(81)66(79)65(78)62(57-74)84-72/h15,17,21,23,26-27,37,39,45,47,53,55,60-63,65-72,74-76,78-82H,3-14,16,18-20,22,24-25,28-36,38,40-44,46,48-52,54,56-59H2,1-2H3,(H,73,77)/b17-15-,23-21-,27-26-,39-37+,47-45+,55-53+. The van der Waals surface area contributed by atoms with Gasteiger partial charge in [0.15, 0.2) is 12.6 Å². The van der Waals surface area contributed by atoms with E-state index < -0.39 is 86.8 Å². The van der Waals surface area contributed by atoms with Gasteiger partial charge >= 0.3 is 0 Å². The Balaban J connectivity index is 1.69. The van der Waals surface area contributed by atoms with E-state index in [0.717, 1.165) is 57.8 Å². The lowest BCUT2D eigenvalue weighted by molar-refractivity contribution is -0.359. The van der Waals surface area contributed by atoms with Crippen molar-refractivity contribution in [3.05, 3.63) is 72.9 Å². The van der Waals surface area contributed by atoms with Crippen LogP contribution in [0.15, 0.2) is 72.9 Å². The topological polar surface area (TPSA) is 228 Å². The average molecular weight is 1220 g/mol. The zero-order chi connectivity index (χ0) is 62.3. The van der Waals surface area contributed by atoms with Crippen molar-refractivity contribution in [1.29, 1.82) is 0 Å². The fourth-order valence-electron chi connectivity index (χ4n) is 11.2. The molecule has 2 saturated heterocycles. The highest BCUT2D eigenvalue weighted by Gasteiger charge is 2.51. The van der Waals surface area contributed by atoms with Gasteiger partial charge in [0.1, 0.15) is 48.8 Å². The van der Waals surface area contributed by atoms with Gasteiger partial charge in [0.25, 0.3) is 0 Å². The van der Waals surface area contributed by atoms with E-state index in [9.17, 15) is 45.6 Å². The van der Waals surface area contributed by atoms with Crippen LogP contribution in [-0.2, 0) is 23.7 Å². The third kappa shape index (κ3) is 40.2. The first kappa shape index (κ1) is 79.5. The van der Waals surface area contributed by atoms with Crippen LogP contribution in [0.4, 0.5) is 0 Å². The minimum Gasteiger partial charge on any atom is -0.394 e. The minimum absolute atomic E-state index is 0.252. The SMILES string of the molecule is CCCCCCC/C=C\C/C=C\C/C=C\CCCCCCCCCCCCCCCCCCC(=O)NC(COC1OC(CO)C(OC2OC(CO)C(O)C(O)C2O)C(O)C1O)C(O)/C=C/CC/C=C/CC/C=C/CCCCCCCCCCCCC. The fraction of sp³-hybridized carbons (Fsp3) is 0.819. The maximum atomic E-state index is 13.3. The van der Waals surface area contributed by atoms with E-state index in [0.29, 0.717) is 12.8 Å². The van der Waals surface area contributed by atoms with Gasteiger partial charge in [-0.2, -0.15) is 0 Å². The van der Waals surface area contributed by atoms with Crippen molar-refractivity contribution in [2.45, 2.75) is 357 Å². The summed E-state index contributed by atoms with van der Waals surface area (Å²) in [6, 6.07) is -0.942. The second kappa shape index (κ2) is 56.4. The molecule has 0 saturated carbocycles. The quantitative estimate of drug-likeness (QED) is 0.0204. The maximum absolute atomic E-state index is 13.3. The van der Waals surface area contributed by atoms with Crippen LogP contribution in [0.1, 0.15) is 284 Å². The number of amides is 1. The van der Waals surface area contributed by atoms with Crippen molar-refractivity contribution in [2.24, 2.45) is 0 Å². The second-order valence-electron chi connectivity index (χ2n) is 24.6. The molecular weight excluding hydrogens is 1090 g/mol. The molecule has 0 bridgehead atoms. The number of allylic oxidation sites excluding steroid dienone is 11. The van der Waals surface area contributed by atoms with Gasteiger partial charge in [0.05, 0.1) is 32.0 Å². The summed E-state index contributed by atoms with van der Waals surface area (Å²) in [6.07, 6.45) is 59.6. The van der Waals surface area contributed by atoms with Crippen LogP contribution in [-0.4, -0.2) is 140 Å². The monoisotopic (exact) mass is 1220 g/mol. The molecule has 2 heterocycles. The van der Waals surface area contributed by atoms with Gasteiger partial charge in [-0.15, -0.1) is 0 Å². The maximum Gasteiger partial charge on any atom is 0.220 e. The lowest BCUT2D eigenvalue weighted by Gasteiger charge is -2.46. The Morgan fingerprint density at radius 2 is 0.779 bits per heavy atom. The Kier molecular flexibility index (Phi) is 52.2. The molecule has 0 aromatic rings. The van der Waals surface area contributed by atoms with Crippen LogP contribution in [0.5, 0.6) is 0 Å². The van der Waals surface area contributed by atoms with Crippen LogP contribution < -0.4 is 5.32 Å². The van der Waals surface area contributed by atoms with Crippen molar-refractivity contribution in [3.8, 4) is 0 Å². The molecule has 9 N–H and O–H groups in total. The highest BCUT2D eigenvalue weighted by Crippen LogP contribution is 2.30. The van der Waals surface area contributed by atoms with Gasteiger partial charge in [0.2, 0.25) is 5.91 Å². The van der Waals surface area contributed by atoms with E-state index in [1.807, 2.05) is 6.08 Å². The first-order valence-electron chi connectivity index (χ1n) is 35.2. The molecule has 12 unspecified atom stereocenters. The van der Waals surface area contributed by atoms with Gasteiger partial charge in [-0.1, -0.05) is 267 Å². The number of carbonyl (C=O) groups is 1. The highest BCUT2D eigenvalue weighted by atomic mass is 16.7. The van der Waals surface area contributed by atoms with E-state index in [2.05, 4.69) is 79.9 Å². The predicted molar refractivity (Wildman–Crippen MR) is 350 cm³/mol. The molecule has 0 radical (unpaired) electrons. The molecule has 500 valence electrons. The first-order chi connectivity index (χ1) is 42.1. The summed E-state index contributed by atoms with van der Waals surface area (Å²) >= 11 is 0. The largest absolute Gasteiger partial charge is 0.394 e. The molecule has 2 aliphatic rings. The van der Waals surface area contributed by atoms with Crippen molar-refractivity contribution < 1.29 is 64.6 Å². The van der Waals surface area contributed by atoms with E-state index in [1.54, 1.807) is 6.08 Å². The van der Waals surface area contributed by atoms with Crippen molar-refractivity contribution in [1.82, 2.24) is 5.32 Å². The van der Waals surface area contributed by atoms with Crippen molar-refractivity contribution in [3.63, 3.8) is 0 Å². The molecule has 1 amide bonds. The summed E-state index contributed by atoms with van der Waals surface area (Å²) in [6.45, 7) is 2.79. The summed E-state index contributed by atoms with van der Waals surface area (Å²) in [5.41, 5.74) is 0. The van der Waals surface area contributed by atoms with Crippen molar-refractivity contribution >= 4 is 5.91 Å². The molecule has 14 heteroatoms. The summed E-state index contributed by atoms with van der Waals surface area (Å²) in [4.78, 5) is 13.3. The van der Waals surface area contributed by atoms with E-state index in [4.69, 9.17) is 18.9 Å². The van der Waals surface area contributed by atoms with Gasteiger partial charge in [0, 0.05) is 6.42 Å². The van der Waals surface area contributed by atoms with Crippen molar-refractivity contribution in [2.75, 3.05) is 19.8 Å². The van der Waals surface area contributed by atoms with Crippen LogP contribution in [0, 0.1) is 0 Å². The van der Waals surface area contributed by atoms with E-state index >= 15 is 0 Å². The zero-order valence-corrected chi connectivity index (χ0v) is 54.3. The highest BCUT2D eigenvalue weighted by molar-refractivity contribution is 5.76. The van der Waals surface area contributed by atoms with Gasteiger partial charge in [-0.05, 0) is 83.5 Å². The molecule has 0 aliphatic carbocycles. The number of unbranched alkanes of at least 4 members (excludes halogenated alkanes) is 34. The molecule has 0 aromatic heterocycles. The number of carbonyl (C=O) groups excluding carboxylic acids is 1. The molecule has 2 rings (SSSR count). The van der Waals surface area contributed by atoms with Gasteiger partial charge in [-0.3, -0.25) is 4.79 Å². The Labute approximate surface area is 523 Å². The molecule has 2 fully saturated rings. The number of ether oxygens (including phenoxy) is 4. The van der Waals surface area contributed by atoms with E-state index in [-0.39, 0.29) is 18.9 Å². The molecular formula is C72H129NO13. The Hall–Kier alpha value is -2.57. The summed E-state index contributed by atoms with van der Waals surface area (Å²) in [5.74, 6) is -0.252. The molecule has 0 aromatic carbocycles. The molecule has 86 heavy (non-hydrogen) atoms. The Morgan fingerprint density at radius 3 is 1.22 bits per heavy atom. The molecule has 14 nitrogen and oxygen atoms in total. The first-order valence-corrected chi connectivity index (χ1v) is 35.2. The number of rotatable bonds is 57. The number of hydrogen-bond donors (Lipinski definition) is 9. The van der Waals surface area contributed by atoms with Crippen LogP contribution in [0.2, 0.25) is 0 Å². The third-order valence-electron chi connectivity index (χ3n) is 16.8. The van der Waals surface area contributed by atoms with E-state index in [1.165, 1.54) is 193 Å². The van der Waals surface area contributed by atoms with Gasteiger partial charge in [-0.25, -0.2) is 0 Å². The lowest BCUT2D eigenvalue weighted by atomic mass is 9.97. The predicted octanol–water partition coefficient (Wildman–Crippen LogP) is 14.2. The van der Waals surface area contributed by atoms with Crippen LogP contribution >= 0.6 is 0 Å². The lowest BCUT2D eigenvalue weighted by Crippen LogP contribution is -2.65. The average Bonchev–Trinajstić information content (AvgIpc) is 2.54. The zero-order valence-electron chi connectivity index (χ0n) is 54.3. The summed E-state index contributed by atoms with van der Waals surface area (Å²) in [7, 11) is 0. The molecule has 2 aliphatic heterocycles. The molecule has 12 atom stereocenters. The normalized spacial score (nSPS) is 23.8. The third-order valence-corrected chi connectivity index (χ3v) is 16.8. The second-order valence-corrected chi connectivity index (χ2v) is 24.6. The number of aliphatic hydroxyl groups is 8. The Bertz CT molecular complexity index is 1720. The Morgan fingerprint density at radius 1 is 0.419 bits per heavy atom. The number of aliphatic hydroxyl groups excluding tert-OH is 8. The summed E-state index contributed by atoms with van der Waals surface area (Å²) in [5, 5.41) is 87.4. The van der Waals surface area contributed by atoms with Crippen LogP contribution in [0.25, 0.3) is 0 Å². The van der Waals surface area contributed by atoms with Crippen LogP contribution in [0.3, 0.4) is 0 Å². The number of hydrogen-bond acceptors (Lipinski definition) is 13.